The van der Waals surface area contributed by atoms with Gasteiger partial charge in [-0.25, -0.2) is 9.59 Å². The summed E-state index contributed by atoms with van der Waals surface area (Å²) in [6.07, 6.45) is -4.45. The smallest absolute Gasteiger partial charge is 0.475 e. The highest BCUT2D eigenvalue weighted by Gasteiger charge is 2.42. The van der Waals surface area contributed by atoms with E-state index in [9.17, 15) is 22.8 Å². The molecule has 0 unspecified atom stereocenters. The average Bonchev–Trinajstić information content (AvgIpc) is 1.96. The molecule has 74 valence electrons. The van der Waals surface area contributed by atoms with Gasteiger partial charge >= 0.3 is 18.1 Å². The fraction of sp³-hybridized carbons (Fsp3) is 0.333. The van der Waals surface area contributed by atoms with Gasteiger partial charge in [0.05, 0.1) is 0 Å². The van der Waals surface area contributed by atoms with Crippen molar-refractivity contribution in [3.8, 4) is 0 Å². The zero-order valence-corrected chi connectivity index (χ0v) is 6.38. The molecule has 0 heterocycles. The molecule has 0 radical (unpaired) electrons. The third kappa shape index (κ3) is 3.59. The van der Waals surface area contributed by atoms with E-state index in [2.05, 4.69) is 4.74 Å². The molecular weight excluding hydrogens is 193 g/mol. The van der Waals surface area contributed by atoms with Crippen LogP contribution in [-0.2, 0) is 14.3 Å². The molecule has 13 heavy (non-hydrogen) atoms. The van der Waals surface area contributed by atoms with Crippen LogP contribution in [-0.4, -0.2) is 23.2 Å². The van der Waals surface area contributed by atoms with Gasteiger partial charge in [-0.1, -0.05) is 0 Å². The van der Waals surface area contributed by atoms with Crippen molar-refractivity contribution in [2.45, 2.75) is 13.1 Å². The third-order valence-corrected chi connectivity index (χ3v) is 0.907. The van der Waals surface area contributed by atoms with Crippen LogP contribution in [0, 0.1) is 0 Å². The molecule has 0 fully saturated rings. The van der Waals surface area contributed by atoms with Crippen molar-refractivity contribution in [1.82, 2.24) is 0 Å². The Kier molecular flexibility index (Phi) is 3.46. The van der Waals surface area contributed by atoms with Gasteiger partial charge in [0.25, 0.3) is 0 Å². The van der Waals surface area contributed by atoms with Gasteiger partial charge in [0, 0.05) is 0 Å². The Labute approximate surface area is 70.6 Å². The summed E-state index contributed by atoms with van der Waals surface area (Å²) >= 11 is 0. The minimum atomic E-state index is -5.19. The molecule has 0 amide bonds. The number of hydrogen-bond donors (Lipinski definition) is 1. The summed E-state index contributed by atoms with van der Waals surface area (Å²) in [4.78, 5) is 20.2. The number of carbonyl (C=O) groups is 2. The molecule has 7 heteroatoms. The Hall–Kier alpha value is -1.53. The zero-order valence-electron chi connectivity index (χ0n) is 6.38. The number of carboxylic acid groups (broad SMARTS) is 1. The Bertz CT molecular complexity index is 253. The molecule has 0 saturated heterocycles. The number of allylic oxidation sites excluding steroid dienone is 1. The molecule has 0 aliphatic carbocycles. The van der Waals surface area contributed by atoms with Gasteiger partial charge in [0.15, 0.2) is 0 Å². The van der Waals surface area contributed by atoms with Crippen molar-refractivity contribution in [2.75, 3.05) is 0 Å². The molecule has 0 aliphatic rings. The summed E-state index contributed by atoms with van der Waals surface area (Å²) in [5.41, 5.74) is 0. The minimum Gasteiger partial charge on any atom is -0.475 e. The normalized spacial score (nSPS) is 12.5. The molecule has 1 N–H and O–H groups in total. The lowest BCUT2D eigenvalue weighted by molar-refractivity contribution is -0.196. The van der Waals surface area contributed by atoms with Gasteiger partial charge < -0.3 is 9.84 Å². The molecule has 0 spiro atoms. The summed E-state index contributed by atoms with van der Waals surface area (Å²) in [6, 6.07) is 0. The highest BCUT2D eigenvalue weighted by Crippen LogP contribution is 2.18. The van der Waals surface area contributed by atoms with Crippen molar-refractivity contribution >= 4 is 11.9 Å². The van der Waals surface area contributed by atoms with Crippen molar-refractivity contribution in [2.24, 2.45) is 0 Å². The van der Waals surface area contributed by atoms with Gasteiger partial charge in [0.2, 0.25) is 5.76 Å². The van der Waals surface area contributed by atoms with E-state index in [0.717, 1.165) is 13.0 Å². The molecule has 0 aromatic heterocycles. The van der Waals surface area contributed by atoms with E-state index in [0.29, 0.717) is 0 Å². The summed E-state index contributed by atoms with van der Waals surface area (Å²) in [7, 11) is 0. The van der Waals surface area contributed by atoms with E-state index >= 15 is 0 Å². The van der Waals surface area contributed by atoms with Crippen molar-refractivity contribution in [1.29, 1.82) is 0 Å². The van der Waals surface area contributed by atoms with Crippen molar-refractivity contribution in [3.05, 3.63) is 11.8 Å². The zero-order chi connectivity index (χ0) is 10.6. The van der Waals surface area contributed by atoms with Crippen LogP contribution in [0.2, 0.25) is 0 Å². The first-order chi connectivity index (χ1) is 5.79. The van der Waals surface area contributed by atoms with Crippen LogP contribution in [0.4, 0.5) is 13.2 Å². The fourth-order valence-corrected chi connectivity index (χ4v) is 0.384. The van der Waals surface area contributed by atoms with Gasteiger partial charge in [-0.15, -0.1) is 0 Å². The van der Waals surface area contributed by atoms with Crippen LogP contribution in [0.1, 0.15) is 6.92 Å². The third-order valence-electron chi connectivity index (χ3n) is 0.907. The lowest BCUT2D eigenvalue weighted by atomic mass is 10.4. The van der Waals surface area contributed by atoms with Crippen LogP contribution in [0.15, 0.2) is 11.8 Å². The second-order valence-corrected chi connectivity index (χ2v) is 1.85. The molecule has 0 saturated carbocycles. The fourth-order valence-electron chi connectivity index (χ4n) is 0.384. The molecular formula is C6H5F3O4. The summed E-state index contributed by atoms with van der Waals surface area (Å²) in [5.74, 6) is -5.34. The molecule has 0 rings (SSSR count). The molecule has 0 aromatic rings. The quantitative estimate of drug-likeness (QED) is 0.409. The minimum absolute atomic E-state index is 0.742. The number of ether oxygens (including phenoxy) is 1. The van der Waals surface area contributed by atoms with E-state index in [1.54, 1.807) is 0 Å². The van der Waals surface area contributed by atoms with Crippen molar-refractivity contribution in [3.63, 3.8) is 0 Å². The first kappa shape index (κ1) is 11.5. The number of rotatable bonds is 2. The monoisotopic (exact) mass is 198 g/mol. The van der Waals surface area contributed by atoms with Crippen LogP contribution in [0.5, 0.6) is 0 Å². The molecule has 0 aromatic carbocycles. The number of halogens is 3. The predicted molar refractivity (Wildman–Crippen MR) is 33.5 cm³/mol. The Morgan fingerprint density at radius 3 is 2.08 bits per heavy atom. The second kappa shape index (κ2) is 3.92. The highest BCUT2D eigenvalue weighted by atomic mass is 19.4. The topological polar surface area (TPSA) is 63.6 Å². The number of alkyl halides is 3. The maximum atomic E-state index is 11.5. The predicted octanol–water partition coefficient (Wildman–Crippen LogP) is 1.08. The molecule has 0 atom stereocenters. The summed E-state index contributed by atoms with van der Waals surface area (Å²) in [5, 5.41) is 8.18. The van der Waals surface area contributed by atoms with Gasteiger partial charge in [-0.3, -0.25) is 0 Å². The van der Waals surface area contributed by atoms with Crippen LogP contribution in [0.3, 0.4) is 0 Å². The van der Waals surface area contributed by atoms with Gasteiger partial charge in [-0.05, 0) is 13.0 Å². The Balaban J connectivity index is 4.46. The number of esters is 1. The number of carbonyl (C=O) groups excluding carboxylic acids is 1. The second-order valence-electron chi connectivity index (χ2n) is 1.85. The summed E-state index contributed by atoms with van der Waals surface area (Å²) < 4.78 is 38.1. The Morgan fingerprint density at radius 1 is 1.38 bits per heavy atom. The van der Waals surface area contributed by atoms with Gasteiger partial charge in [-0.2, -0.15) is 13.2 Å². The van der Waals surface area contributed by atoms with Crippen LogP contribution < -0.4 is 0 Å². The van der Waals surface area contributed by atoms with E-state index < -0.39 is 23.9 Å². The maximum absolute atomic E-state index is 11.5. The SMILES string of the molecule is CC=C(OC(=O)C(F)(F)F)C(=O)O. The van der Waals surface area contributed by atoms with Crippen LogP contribution >= 0.6 is 0 Å². The van der Waals surface area contributed by atoms with Crippen molar-refractivity contribution < 1.29 is 32.6 Å². The molecule has 0 aliphatic heterocycles. The van der Waals surface area contributed by atoms with E-state index in [1.165, 1.54) is 0 Å². The Morgan fingerprint density at radius 2 is 1.85 bits per heavy atom. The first-order valence-corrected chi connectivity index (χ1v) is 2.97. The highest BCUT2D eigenvalue weighted by molar-refractivity contribution is 5.89. The lowest BCUT2D eigenvalue weighted by Crippen LogP contribution is -2.26. The molecule has 4 nitrogen and oxygen atoms in total. The van der Waals surface area contributed by atoms with E-state index in [-0.39, 0.29) is 0 Å². The maximum Gasteiger partial charge on any atom is 0.491 e. The molecule has 0 bridgehead atoms. The van der Waals surface area contributed by atoms with E-state index in [1.807, 2.05) is 0 Å². The standard InChI is InChI=1S/C6H5F3O4/c1-2-3(4(10)11)13-5(12)6(7,8)9/h2H,1H3,(H,10,11). The summed E-state index contributed by atoms with van der Waals surface area (Å²) in [6.45, 7) is 1.13. The largest absolute Gasteiger partial charge is 0.491 e. The number of carboxylic acids is 1. The van der Waals surface area contributed by atoms with Gasteiger partial charge in [0.1, 0.15) is 0 Å². The number of aliphatic carboxylic acids is 1. The first-order valence-electron chi connectivity index (χ1n) is 2.97. The number of hydrogen-bond acceptors (Lipinski definition) is 3. The lowest BCUT2D eigenvalue weighted by Gasteiger charge is -2.05. The average molecular weight is 198 g/mol. The van der Waals surface area contributed by atoms with E-state index in [4.69, 9.17) is 5.11 Å². The van der Waals surface area contributed by atoms with Crippen LogP contribution in [0.25, 0.3) is 0 Å².